The van der Waals surface area contributed by atoms with E-state index in [1.54, 1.807) is 18.3 Å². The van der Waals surface area contributed by atoms with Gasteiger partial charge in [0.2, 0.25) is 0 Å². The van der Waals surface area contributed by atoms with E-state index in [0.29, 0.717) is 16.7 Å². The third-order valence-corrected chi connectivity index (χ3v) is 15.4. The Hall–Kier alpha value is -5.85. The largest absolute Gasteiger partial charge is 0.305 e. The number of hydrogen-bond donors (Lipinski definition) is 0. The molecule has 6 aromatic carbocycles. The number of halogens is 1. The second-order valence-corrected chi connectivity index (χ2v) is 27.5. The van der Waals surface area contributed by atoms with Crippen LogP contribution in [0.15, 0.2) is 130 Å². The van der Waals surface area contributed by atoms with Crippen LogP contribution >= 0.6 is 0 Å². The number of furan rings is 2. The Morgan fingerprint density at radius 3 is 2.20 bits per heavy atom. The van der Waals surface area contributed by atoms with Crippen molar-refractivity contribution < 1.29 is 33.3 Å². The first-order chi connectivity index (χ1) is 28.9. The van der Waals surface area contributed by atoms with Crippen LogP contribution < -0.4 is 4.40 Å². The Kier molecular flexibility index (Phi) is 11.4. The summed E-state index contributed by atoms with van der Waals surface area (Å²) in [7, 11) is 0. The Labute approximate surface area is 370 Å². The van der Waals surface area contributed by atoms with E-state index in [1.165, 1.54) is 33.0 Å². The molecular formula is C52H43FGeIrN4O2-2. The molecule has 6 nitrogen and oxygen atoms in total. The predicted octanol–water partition coefficient (Wildman–Crippen LogP) is 13.6. The van der Waals surface area contributed by atoms with E-state index in [1.807, 2.05) is 48.5 Å². The molecule has 0 bridgehead atoms. The van der Waals surface area contributed by atoms with Gasteiger partial charge in [0.1, 0.15) is 5.58 Å². The fraction of sp³-hybridized carbons (Fsp3) is 0.173. The Morgan fingerprint density at radius 2 is 1.49 bits per heavy atom. The van der Waals surface area contributed by atoms with E-state index in [2.05, 4.69) is 115 Å². The fourth-order valence-corrected chi connectivity index (χ4v) is 10.5. The maximum absolute atomic E-state index is 12.6. The third kappa shape index (κ3) is 7.61. The van der Waals surface area contributed by atoms with Gasteiger partial charge in [-0.2, -0.15) is 5.26 Å². The number of benzene rings is 6. The summed E-state index contributed by atoms with van der Waals surface area (Å²) >= 11 is -2.08. The summed E-state index contributed by atoms with van der Waals surface area (Å²) in [5.74, 6) is 8.14. The molecule has 10 rings (SSSR count). The third-order valence-electron chi connectivity index (χ3n) is 11.2. The van der Waals surface area contributed by atoms with E-state index in [-0.39, 0.29) is 37.8 Å². The first-order valence-corrected chi connectivity index (χ1v) is 27.6. The van der Waals surface area contributed by atoms with Crippen LogP contribution in [0.2, 0.25) is 17.3 Å². The van der Waals surface area contributed by atoms with E-state index < -0.39 is 13.3 Å². The first-order valence-electron chi connectivity index (χ1n) is 20.3. The normalized spacial score (nSPS) is 11.8. The molecule has 4 aromatic heterocycles. The van der Waals surface area contributed by atoms with Crippen LogP contribution in [0.4, 0.5) is 4.39 Å². The van der Waals surface area contributed by atoms with E-state index in [4.69, 9.17) is 13.8 Å². The average molecular weight is 1040 g/mol. The van der Waals surface area contributed by atoms with Gasteiger partial charge in [0.15, 0.2) is 0 Å². The summed E-state index contributed by atoms with van der Waals surface area (Å²) in [4.78, 5) is 9.40. The number of nitrogens with zero attached hydrogens (tertiary/aromatic N) is 4. The predicted molar refractivity (Wildman–Crippen MR) is 244 cm³/mol. The summed E-state index contributed by atoms with van der Waals surface area (Å²) in [5, 5.41) is 13.8. The Balaban J connectivity index is 0.000000313. The second-order valence-electron chi connectivity index (χ2n) is 16.9. The van der Waals surface area contributed by atoms with Gasteiger partial charge in [-0.05, 0) is 23.9 Å². The standard InChI is InChI=1S/C41H36GeN3O2.C11H7FN.Ir/c1-23(2)31-21-32-28-18-16-26(42(5,6)7)20-36(28)47-40(32)37(24(3)4)38(31)45-34-14-9-8-13-33(34)44-41(45)30-12-10-11-29-27-17-15-25(22-43)19-35(27)46-39(29)30;12-10-6-4-9(5-7-10)11-3-1-2-8-13-11;/h8-11,13-21,23-24H,1-7H3;1-4,6-8H;/q2*-1;. The average Bonchev–Trinajstić information content (AvgIpc) is 3.94. The molecule has 0 aliphatic rings. The molecule has 0 spiro atoms. The van der Waals surface area contributed by atoms with Crippen molar-refractivity contribution in [1.29, 1.82) is 5.26 Å². The van der Waals surface area contributed by atoms with Crippen LogP contribution in [-0.4, -0.2) is 27.8 Å². The molecule has 4 heterocycles. The molecule has 1 radical (unpaired) electrons. The van der Waals surface area contributed by atoms with Gasteiger partial charge >= 0.3 is 226 Å². The van der Waals surface area contributed by atoms with Crippen molar-refractivity contribution in [2.24, 2.45) is 0 Å². The van der Waals surface area contributed by atoms with Gasteiger partial charge in [-0.15, -0.1) is 35.9 Å². The second kappa shape index (κ2) is 16.5. The molecule has 0 fully saturated rings. The minimum Gasteiger partial charge on any atom is -0.305 e. The summed E-state index contributed by atoms with van der Waals surface area (Å²) in [6.07, 6.45) is 1.70. The summed E-state index contributed by atoms with van der Waals surface area (Å²) in [6, 6.07) is 45.6. The number of imidazole rings is 1. The zero-order chi connectivity index (χ0) is 41.9. The SMILES string of the molecule is CC(C)c1cc2c(oc3c[c]([Ge]([CH3])([CH3])[CH3])ccc32)c(C(C)C)c1-n1c(-c2[c-]ccc3c2oc2cc(C#N)ccc23)nc2ccccc21.Fc1c[c-]c(-c2ccccn2)cc1.[Ir]. The van der Waals surface area contributed by atoms with Crippen LogP contribution in [-0.2, 0) is 20.1 Å². The van der Waals surface area contributed by atoms with Crippen molar-refractivity contribution >= 4 is 72.6 Å². The summed E-state index contributed by atoms with van der Waals surface area (Å²) < 4.78 is 29.7. The molecule has 0 amide bonds. The van der Waals surface area contributed by atoms with Gasteiger partial charge in [0.05, 0.1) is 11.6 Å². The molecular weight excluding hydrogens is 996 g/mol. The Morgan fingerprint density at radius 1 is 0.754 bits per heavy atom. The molecule has 61 heavy (non-hydrogen) atoms. The molecule has 0 saturated heterocycles. The van der Waals surface area contributed by atoms with Crippen LogP contribution in [0.5, 0.6) is 0 Å². The molecule has 0 N–H and O–H groups in total. The van der Waals surface area contributed by atoms with Gasteiger partial charge < -0.3 is 4.98 Å². The van der Waals surface area contributed by atoms with Crippen molar-refractivity contribution in [2.45, 2.75) is 56.8 Å². The number of fused-ring (bicyclic) bond motifs is 7. The number of aromatic nitrogens is 3. The molecule has 0 aliphatic heterocycles. The van der Waals surface area contributed by atoms with Crippen molar-refractivity contribution in [2.75, 3.05) is 0 Å². The van der Waals surface area contributed by atoms with E-state index in [0.717, 1.165) is 66.7 Å². The molecule has 9 heteroatoms. The van der Waals surface area contributed by atoms with Gasteiger partial charge in [-0.3, -0.25) is 4.39 Å². The minimum atomic E-state index is -2.08. The number of hydrogen-bond acceptors (Lipinski definition) is 5. The van der Waals surface area contributed by atoms with Crippen LogP contribution in [0, 0.1) is 29.3 Å². The molecule has 0 unspecified atom stereocenters. The van der Waals surface area contributed by atoms with Gasteiger partial charge in [0.25, 0.3) is 0 Å². The first kappa shape index (κ1) is 41.9. The smallest absolute Gasteiger partial charge is 0.0379 e. The summed E-state index contributed by atoms with van der Waals surface area (Å²) in [6.45, 7) is 9.03. The van der Waals surface area contributed by atoms with Crippen LogP contribution in [0.3, 0.4) is 0 Å². The number of nitriles is 1. The molecule has 0 aliphatic carbocycles. The minimum absolute atomic E-state index is 0. The Bertz CT molecular complexity index is 3280. The van der Waals surface area contributed by atoms with Crippen LogP contribution in [0.1, 0.15) is 56.2 Å². The number of pyridine rings is 1. The van der Waals surface area contributed by atoms with Gasteiger partial charge in [0, 0.05) is 37.5 Å². The van der Waals surface area contributed by atoms with E-state index in [9.17, 15) is 9.65 Å². The zero-order valence-electron chi connectivity index (χ0n) is 35.0. The molecule has 305 valence electrons. The van der Waals surface area contributed by atoms with Gasteiger partial charge in [-0.25, -0.2) is 0 Å². The van der Waals surface area contributed by atoms with Crippen molar-refractivity contribution in [3.05, 3.63) is 156 Å². The van der Waals surface area contributed by atoms with Gasteiger partial charge in [-0.1, -0.05) is 18.2 Å². The monoisotopic (exact) mass is 1040 g/mol. The number of para-hydroxylation sites is 2. The molecule has 0 saturated carbocycles. The van der Waals surface area contributed by atoms with Crippen LogP contribution in [0.25, 0.3) is 83.2 Å². The molecule has 0 atom stereocenters. The summed E-state index contributed by atoms with van der Waals surface area (Å²) in [5.41, 5.74) is 11.7. The number of rotatable bonds is 6. The zero-order valence-corrected chi connectivity index (χ0v) is 39.5. The van der Waals surface area contributed by atoms with E-state index >= 15 is 0 Å². The van der Waals surface area contributed by atoms with Crippen molar-refractivity contribution in [1.82, 2.24) is 14.5 Å². The topological polar surface area (TPSA) is 80.8 Å². The fourth-order valence-electron chi connectivity index (χ4n) is 8.12. The van der Waals surface area contributed by atoms with Crippen molar-refractivity contribution in [3.8, 4) is 34.4 Å². The van der Waals surface area contributed by atoms with Crippen molar-refractivity contribution in [3.63, 3.8) is 0 Å². The maximum atomic E-state index is 12.6. The maximum Gasteiger partial charge on any atom is 0.0379 e. The molecule has 10 aromatic rings. The quantitative estimate of drug-likeness (QED) is 0.122.